The van der Waals surface area contributed by atoms with Gasteiger partial charge in [0, 0.05) is 12.5 Å². The highest BCUT2D eigenvalue weighted by Crippen LogP contribution is 2.35. The highest BCUT2D eigenvalue weighted by molar-refractivity contribution is 5.82. The van der Waals surface area contributed by atoms with Crippen LogP contribution in [0.1, 0.15) is 58.8 Å². The molecule has 0 radical (unpaired) electrons. The molecular formula is C30H42O7. The minimum absolute atomic E-state index is 0.0863. The number of rotatable bonds is 3. The summed E-state index contributed by atoms with van der Waals surface area (Å²) in [7, 11) is 0. The molecule has 2 N–H and O–H groups in total. The first-order chi connectivity index (χ1) is 17.8. The van der Waals surface area contributed by atoms with E-state index in [4.69, 9.17) is 18.9 Å². The van der Waals surface area contributed by atoms with Gasteiger partial charge in [0.15, 0.2) is 0 Å². The van der Waals surface area contributed by atoms with Gasteiger partial charge in [-0.15, -0.1) is 0 Å². The molecule has 9 atom stereocenters. The van der Waals surface area contributed by atoms with E-state index in [9.17, 15) is 15.0 Å². The van der Waals surface area contributed by atoms with E-state index in [1.165, 1.54) is 11.6 Å². The van der Waals surface area contributed by atoms with Crippen LogP contribution in [0.5, 0.6) is 0 Å². The molecule has 0 aromatic carbocycles. The quantitative estimate of drug-likeness (QED) is 0.332. The van der Waals surface area contributed by atoms with Crippen LogP contribution in [0.25, 0.3) is 0 Å². The topological polar surface area (TPSA) is 97.8 Å². The van der Waals surface area contributed by atoms with E-state index in [0.717, 1.165) is 31.3 Å². The fourth-order valence-corrected chi connectivity index (χ4v) is 5.45. The second-order valence-electron chi connectivity index (χ2n) is 11.0. The number of hydrogen-bond donors (Lipinski definition) is 2. The van der Waals surface area contributed by atoms with Crippen molar-refractivity contribution in [1.29, 1.82) is 0 Å². The molecule has 4 aliphatic heterocycles. The van der Waals surface area contributed by atoms with E-state index in [2.05, 4.69) is 26.5 Å². The fourth-order valence-electron chi connectivity index (χ4n) is 5.45. The molecule has 7 heteroatoms. The highest BCUT2D eigenvalue weighted by Gasteiger charge is 2.46. The van der Waals surface area contributed by atoms with Gasteiger partial charge in [-0.25, -0.2) is 4.79 Å². The third-order valence-electron chi connectivity index (χ3n) is 7.44. The molecule has 0 aromatic heterocycles. The maximum Gasteiger partial charge on any atom is 0.330 e. The smallest absolute Gasteiger partial charge is 0.330 e. The SMILES string of the molecule is C=C1CC(C)C[C@@H]2CC=CC(C/C=C\C(=O)OC(C(O)/C=C/[C@@H]3CC(C)=CCO3)C[C@@H]3OC3[C@@H](O)C1)O2. The molecule has 5 unspecified atom stereocenters. The Morgan fingerprint density at radius 3 is 2.78 bits per heavy atom. The number of aliphatic hydroxyl groups excluding tert-OH is 2. The summed E-state index contributed by atoms with van der Waals surface area (Å²) >= 11 is 0. The largest absolute Gasteiger partial charge is 0.456 e. The Bertz CT molecular complexity index is 919. The monoisotopic (exact) mass is 514 g/mol. The van der Waals surface area contributed by atoms with Crippen molar-refractivity contribution < 1.29 is 34.0 Å². The molecule has 0 aliphatic carbocycles. The molecule has 37 heavy (non-hydrogen) atoms. The normalized spacial score (nSPS) is 39.6. The zero-order valence-electron chi connectivity index (χ0n) is 22.0. The van der Waals surface area contributed by atoms with Gasteiger partial charge < -0.3 is 29.2 Å². The Morgan fingerprint density at radius 1 is 1.14 bits per heavy atom. The molecule has 0 spiro atoms. The van der Waals surface area contributed by atoms with Gasteiger partial charge in [-0.05, 0) is 51.4 Å². The summed E-state index contributed by atoms with van der Waals surface area (Å²) in [6, 6.07) is 0. The number of fused-ring (bicyclic) bond motifs is 3. The number of ether oxygens (including phenoxy) is 4. The highest BCUT2D eigenvalue weighted by atomic mass is 16.6. The van der Waals surface area contributed by atoms with Crippen LogP contribution in [0.15, 0.2) is 60.3 Å². The van der Waals surface area contributed by atoms with Gasteiger partial charge in [-0.2, -0.15) is 0 Å². The van der Waals surface area contributed by atoms with Crippen LogP contribution in [-0.2, 0) is 23.7 Å². The summed E-state index contributed by atoms with van der Waals surface area (Å²) in [6.07, 6.45) is 14.3. The average Bonchev–Trinajstić information content (AvgIpc) is 3.61. The second-order valence-corrected chi connectivity index (χ2v) is 11.0. The van der Waals surface area contributed by atoms with Crippen LogP contribution in [0, 0.1) is 5.92 Å². The van der Waals surface area contributed by atoms with Gasteiger partial charge in [0.05, 0.1) is 37.1 Å². The Labute approximate surface area is 220 Å². The molecule has 4 rings (SSSR count). The van der Waals surface area contributed by atoms with Crippen LogP contribution < -0.4 is 0 Å². The van der Waals surface area contributed by atoms with Crippen molar-refractivity contribution in [2.45, 2.75) is 108 Å². The molecule has 4 heterocycles. The van der Waals surface area contributed by atoms with E-state index < -0.39 is 24.3 Å². The van der Waals surface area contributed by atoms with Gasteiger partial charge in [0.25, 0.3) is 0 Å². The molecule has 2 bridgehead atoms. The minimum atomic E-state index is -1.03. The molecule has 0 saturated carbocycles. The van der Waals surface area contributed by atoms with Crippen LogP contribution in [-0.4, -0.2) is 71.6 Å². The Morgan fingerprint density at radius 2 is 1.97 bits per heavy atom. The Kier molecular flexibility index (Phi) is 9.96. The van der Waals surface area contributed by atoms with Crippen LogP contribution >= 0.6 is 0 Å². The van der Waals surface area contributed by atoms with Gasteiger partial charge in [0.1, 0.15) is 18.3 Å². The summed E-state index contributed by atoms with van der Waals surface area (Å²) in [4.78, 5) is 12.6. The first kappa shape index (κ1) is 28.0. The van der Waals surface area contributed by atoms with E-state index in [-0.39, 0.29) is 36.9 Å². The van der Waals surface area contributed by atoms with Crippen LogP contribution in [0.4, 0.5) is 0 Å². The number of carbonyl (C=O) groups excluding carboxylic acids is 1. The first-order valence-corrected chi connectivity index (χ1v) is 13.6. The summed E-state index contributed by atoms with van der Waals surface area (Å²) in [5.74, 6) is -0.141. The second kappa shape index (κ2) is 13.2. The zero-order chi connectivity index (χ0) is 26.4. The van der Waals surface area contributed by atoms with Crippen molar-refractivity contribution in [3.05, 3.63) is 60.3 Å². The van der Waals surface area contributed by atoms with Crippen LogP contribution in [0.2, 0.25) is 0 Å². The molecule has 0 aromatic rings. The van der Waals surface area contributed by atoms with Crippen molar-refractivity contribution in [3.63, 3.8) is 0 Å². The minimum Gasteiger partial charge on any atom is -0.456 e. The van der Waals surface area contributed by atoms with E-state index in [1.54, 1.807) is 12.2 Å². The summed E-state index contributed by atoms with van der Waals surface area (Å²) in [5.41, 5.74) is 2.23. The van der Waals surface area contributed by atoms with E-state index >= 15 is 0 Å². The number of cyclic esters (lactones) is 1. The molecule has 1 fully saturated rings. The molecule has 0 amide bonds. The van der Waals surface area contributed by atoms with Crippen molar-refractivity contribution in [2.75, 3.05) is 6.61 Å². The Hall–Kier alpha value is -2.03. The number of esters is 1. The first-order valence-electron chi connectivity index (χ1n) is 13.6. The third-order valence-corrected chi connectivity index (χ3v) is 7.44. The van der Waals surface area contributed by atoms with Gasteiger partial charge in [0.2, 0.25) is 0 Å². The lowest BCUT2D eigenvalue weighted by atomic mass is 9.91. The molecular weight excluding hydrogens is 472 g/mol. The number of aliphatic hydroxyl groups is 2. The maximum atomic E-state index is 12.6. The lowest BCUT2D eigenvalue weighted by Crippen LogP contribution is -2.32. The zero-order valence-corrected chi connectivity index (χ0v) is 22.0. The third kappa shape index (κ3) is 8.76. The molecule has 1 saturated heterocycles. The predicted octanol–water partition coefficient (Wildman–Crippen LogP) is 4.11. The molecule has 204 valence electrons. The number of epoxide rings is 1. The molecule has 4 aliphatic rings. The Balaban J connectivity index is 1.44. The number of carbonyl (C=O) groups is 1. The van der Waals surface area contributed by atoms with Crippen molar-refractivity contribution in [2.24, 2.45) is 5.92 Å². The van der Waals surface area contributed by atoms with E-state index in [0.29, 0.717) is 25.4 Å². The van der Waals surface area contributed by atoms with Crippen LogP contribution in [0.3, 0.4) is 0 Å². The standard InChI is InChI=1S/C30H42O7/c1-19-12-13-34-23(15-19)10-11-25(31)27-18-28-30(37-28)26(32)17-21(3)14-20(2)16-24-8-4-6-22(35-24)7-5-9-29(33)36-27/h4-6,9-12,20,22-28,30-32H,3,7-8,13-18H2,1-2H3/b9-5-,11-10+/t20?,22?,23-,24+,25?,26+,27?,28+,30?/m1/s1. The summed E-state index contributed by atoms with van der Waals surface area (Å²) in [6.45, 7) is 8.98. The predicted molar refractivity (Wildman–Crippen MR) is 141 cm³/mol. The van der Waals surface area contributed by atoms with Crippen molar-refractivity contribution >= 4 is 5.97 Å². The fraction of sp³-hybridized carbons (Fsp3) is 0.633. The van der Waals surface area contributed by atoms with Gasteiger partial charge >= 0.3 is 5.97 Å². The average molecular weight is 515 g/mol. The van der Waals surface area contributed by atoms with E-state index in [1.807, 2.05) is 18.2 Å². The lowest BCUT2D eigenvalue weighted by molar-refractivity contribution is -0.148. The number of hydrogen-bond acceptors (Lipinski definition) is 7. The lowest BCUT2D eigenvalue weighted by Gasteiger charge is -2.28. The maximum absolute atomic E-state index is 12.6. The van der Waals surface area contributed by atoms with Gasteiger partial charge in [-0.1, -0.05) is 61.1 Å². The van der Waals surface area contributed by atoms with Crippen molar-refractivity contribution in [3.8, 4) is 0 Å². The van der Waals surface area contributed by atoms with Gasteiger partial charge in [-0.3, -0.25) is 0 Å². The summed E-state index contributed by atoms with van der Waals surface area (Å²) in [5, 5.41) is 21.7. The van der Waals surface area contributed by atoms with Crippen molar-refractivity contribution in [1.82, 2.24) is 0 Å². The molecule has 7 nitrogen and oxygen atoms in total. The summed E-state index contributed by atoms with van der Waals surface area (Å²) < 4.78 is 23.4.